The van der Waals surface area contributed by atoms with Gasteiger partial charge in [0.15, 0.2) is 0 Å². The van der Waals surface area contributed by atoms with Crippen LogP contribution in [0.15, 0.2) is 72.3 Å². The first-order valence-corrected chi connectivity index (χ1v) is 11.2. The van der Waals surface area contributed by atoms with Crippen LogP contribution >= 0.6 is 0 Å². The van der Waals surface area contributed by atoms with Gasteiger partial charge >= 0.3 is 0 Å². The highest BCUT2D eigenvalue weighted by molar-refractivity contribution is 5.83. The van der Waals surface area contributed by atoms with Crippen LogP contribution < -0.4 is 10.2 Å². The third-order valence-electron chi connectivity index (χ3n) is 6.46. The fourth-order valence-corrected chi connectivity index (χ4v) is 4.48. The van der Waals surface area contributed by atoms with Gasteiger partial charge in [0.1, 0.15) is 0 Å². The third-order valence-corrected chi connectivity index (χ3v) is 6.46. The fraction of sp³-hybridized carbons (Fsp3) is 0.286. The van der Waals surface area contributed by atoms with E-state index in [1.165, 1.54) is 44.8 Å². The van der Waals surface area contributed by atoms with E-state index in [1.54, 1.807) is 0 Å². The number of aliphatic hydroxyl groups excluding tert-OH is 1. The molecule has 3 nitrogen and oxygen atoms in total. The van der Waals surface area contributed by atoms with Crippen molar-refractivity contribution < 1.29 is 5.11 Å². The molecule has 0 bridgehead atoms. The Bertz CT molecular complexity index is 1100. The number of hydrogen-bond acceptors (Lipinski definition) is 3. The Hall–Kier alpha value is -3.04. The summed E-state index contributed by atoms with van der Waals surface area (Å²) in [4.78, 5) is 2.12. The van der Waals surface area contributed by atoms with Crippen molar-refractivity contribution in [2.75, 3.05) is 24.3 Å². The highest BCUT2D eigenvalue weighted by Gasteiger charge is 2.23. The van der Waals surface area contributed by atoms with Crippen LogP contribution in [0.2, 0.25) is 0 Å². The van der Waals surface area contributed by atoms with Crippen LogP contribution in [0.3, 0.4) is 0 Å². The standard InChI is InChI=1S/C28H30N2O/c1-30(2)24-15-12-20(13-16-24)19-6-8-22(9-7-19)28(23-10-11-23)29-27-5-3-4-21-14-17-25(31)18-26(21)27/h3-9,12-13,15-16,25,29,31H,10-11,14,17-18H2,1-2H3. The molecule has 2 aliphatic rings. The van der Waals surface area contributed by atoms with Gasteiger partial charge in [-0.3, -0.25) is 0 Å². The Labute approximate surface area is 185 Å². The molecule has 2 aliphatic carbocycles. The molecule has 0 saturated heterocycles. The highest BCUT2D eigenvalue weighted by atomic mass is 16.3. The van der Waals surface area contributed by atoms with Gasteiger partial charge in [-0.05, 0) is 77.3 Å². The molecule has 1 unspecified atom stereocenters. The molecule has 1 saturated carbocycles. The lowest BCUT2D eigenvalue weighted by Gasteiger charge is -2.24. The van der Waals surface area contributed by atoms with Crippen LogP contribution in [0.5, 0.6) is 0 Å². The Morgan fingerprint density at radius 2 is 1.55 bits per heavy atom. The highest BCUT2D eigenvalue weighted by Crippen LogP contribution is 2.39. The third kappa shape index (κ3) is 4.24. The Kier molecular flexibility index (Phi) is 5.29. The summed E-state index contributed by atoms with van der Waals surface area (Å²) in [7, 11) is 4.13. The van der Waals surface area contributed by atoms with Crippen molar-refractivity contribution in [3.05, 3.63) is 89.0 Å². The van der Waals surface area contributed by atoms with Gasteiger partial charge in [0.05, 0.1) is 6.10 Å². The molecule has 3 aromatic carbocycles. The lowest BCUT2D eigenvalue weighted by atomic mass is 9.88. The maximum atomic E-state index is 10.2. The van der Waals surface area contributed by atoms with Crippen molar-refractivity contribution in [2.24, 2.45) is 0 Å². The molecule has 0 spiro atoms. The normalized spacial score (nSPS) is 17.1. The summed E-state index contributed by atoms with van der Waals surface area (Å²) in [6, 6.07) is 24.1. The Morgan fingerprint density at radius 3 is 2.19 bits per heavy atom. The smallest absolute Gasteiger partial charge is 0.0584 e. The number of anilines is 2. The van der Waals surface area contributed by atoms with E-state index in [2.05, 4.69) is 91.0 Å². The lowest BCUT2D eigenvalue weighted by molar-refractivity contribution is 0.159. The molecule has 0 amide bonds. The van der Waals surface area contributed by atoms with Crippen molar-refractivity contribution in [2.45, 2.75) is 38.2 Å². The van der Waals surface area contributed by atoms with Gasteiger partial charge in [-0.2, -0.15) is 0 Å². The van der Waals surface area contributed by atoms with E-state index in [0.717, 1.165) is 37.8 Å². The zero-order valence-corrected chi connectivity index (χ0v) is 18.4. The van der Waals surface area contributed by atoms with Gasteiger partial charge < -0.3 is 15.3 Å². The SMILES string of the molecule is CN(C)c1ccc(-c2ccc(C(Nc3cccc4c3CC(O)CC4)=C3CC3)cc2)cc1. The van der Waals surface area contributed by atoms with Gasteiger partial charge in [-0.1, -0.05) is 48.5 Å². The molecule has 31 heavy (non-hydrogen) atoms. The minimum Gasteiger partial charge on any atom is -0.393 e. The second-order valence-corrected chi connectivity index (χ2v) is 8.96. The van der Waals surface area contributed by atoms with Crippen molar-refractivity contribution in [3.63, 3.8) is 0 Å². The molecule has 5 rings (SSSR count). The van der Waals surface area contributed by atoms with E-state index in [0.29, 0.717) is 0 Å². The molecule has 0 aliphatic heterocycles. The Morgan fingerprint density at radius 1 is 0.871 bits per heavy atom. The molecule has 0 aromatic heterocycles. The molecule has 1 fully saturated rings. The molecule has 3 heteroatoms. The number of fused-ring (bicyclic) bond motifs is 1. The molecule has 1 atom stereocenters. The maximum Gasteiger partial charge on any atom is 0.0584 e. The first-order valence-electron chi connectivity index (χ1n) is 11.2. The monoisotopic (exact) mass is 410 g/mol. The largest absolute Gasteiger partial charge is 0.393 e. The van der Waals surface area contributed by atoms with Crippen molar-refractivity contribution in [1.82, 2.24) is 0 Å². The van der Waals surface area contributed by atoms with Crippen molar-refractivity contribution in [3.8, 4) is 11.1 Å². The maximum absolute atomic E-state index is 10.2. The predicted octanol–water partition coefficient (Wildman–Crippen LogP) is 5.89. The van der Waals surface area contributed by atoms with E-state index in [1.807, 2.05) is 0 Å². The number of aliphatic hydroxyl groups is 1. The molecule has 3 aromatic rings. The van der Waals surface area contributed by atoms with Gasteiger partial charge in [0, 0.05) is 37.6 Å². The number of aryl methyl sites for hydroxylation is 1. The molecule has 2 N–H and O–H groups in total. The summed E-state index contributed by atoms with van der Waals surface area (Å²) in [6.07, 6.45) is 4.65. The second kappa shape index (κ2) is 8.24. The first kappa shape index (κ1) is 19.9. The zero-order valence-electron chi connectivity index (χ0n) is 18.4. The first-order chi connectivity index (χ1) is 15.1. The zero-order chi connectivity index (χ0) is 21.4. The molecule has 158 valence electrons. The van der Waals surface area contributed by atoms with Crippen LogP contribution in [0.4, 0.5) is 11.4 Å². The molecular formula is C28H30N2O. The van der Waals surface area contributed by atoms with Gasteiger partial charge in [0.25, 0.3) is 0 Å². The number of hydrogen-bond donors (Lipinski definition) is 2. The minimum absolute atomic E-state index is 0.231. The minimum atomic E-state index is -0.231. The van der Waals surface area contributed by atoms with Crippen molar-refractivity contribution >= 4 is 17.1 Å². The van der Waals surface area contributed by atoms with E-state index < -0.39 is 0 Å². The number of nitrogens with one attached hydrogen (secondary N) is 1. The summed E-state index contributed by atoms with van der Waals surface area (Å²) >= 11 is 0. The number of nitrogens with zero attached hydrogens (tertiary/aromatic N) is 1. The fourth-order valence-electron chi connectivity index (χ4n) is 4.48. The predicted molar refractivity (Wildman–Crippen MR) is 130 cm³/mol. The van der Waals surface area contributed by atoms with Crippen molar-refractivity contribution in [1.29, 1.82) is 0 Å². The molecule has 0 heterocycles. The summed E-state index contributed by atoms with van der Waals surface area (Å²) in [6.45, 7) is 0. The summed E-state index contributed by atoms with van der Waals surface area (Å²) in [5, 5.41) is 13.9. The second-order valence-electron chi connectivity index (χ2n) is 8.96. The number of allylic oxidation sites excluding steroid dienone is 1. The summed E-state index contributed by atoms with van der Waals surface area (Å²) in [5.74, 6) is 0. The summed E-state index contributed by atoms with van der Waals surface area (Å²) < 4.78 is 0. The van der Waals surface area contributed by atoms with E-state index >= 15 is 0 Å². The van der Waals surface area contributed by atoms with Gasteiger partial charge in [0.2, 0.25) is 0 Å². The lowest BCUT2D eigenvalue weighted by Crippen LogP contribution is -2.20. The van der Waals surface area contributed by atoms with E-state index in [9.17, 15) is 5.11 Å². The van der Waals surface area contributed by atoms with Crippen LogP contribution in [0.25, 0.3) is 16.8 Å². The number of rotatable bonds is 5. The number of benzene rings is 3. The molecule has 0 radical (unpaired) electrons. The van der Waals surface area contributed by atoms with Crippen LogP contribution in [0, 0.1) is 0 Å². The van der Waals surface area contributed by atoms with E-state index in [-0.39, 0.29) is 6.10 Å². The van der Waals surface area contributed by atoms with Crippen LogP contribution in [-0.4, -0.2) is 25.3 Å². The van der Waals surface area contributed by atoms with Crippen LogP contribution in [-0.2, 0) is 12.8 Å². The van der Waals surface area contributed by atoms with Crippen LogP contribution in [0.1, 0.15) is 36.0 Å². The average Bonchev–Trinajstić information content (AvgIpc) is 3.63. The van der Waals surface area contributed by atoms with Gasteiger partial charge in [-0.15, -0.1) is 0 Å². The van der Waals surface area contributed by atoms with Gasteiger partial charge in [-0.25, -0.2) is 0 Å². The average molecular weight is 411 g/mol. The summed E-state index contributed by atoms with van der Waals surface area (Å²) in [5.41, 5.74) is 11.4. The topological polar surface area (TPSA) is 35.5 Å². The molecular weight excluding hydrogens is 380 g/mol. The Balaban J connectivity index is 1.41. The quantitative estimate of drug-likeness (QED) is 0.551. The van der Waals surface area contributed by atoms with E-state index in [4.69, 9.17) is 0 Å².